The van der Waals surface area contributed by atoms with Gasteiger partial charge in [0.25, 0.3) is 5.91 Å². The van der Waals surface area contributed by atoms with Crippen molar-refractivity contribution in [3.63, 3.8) is 0 Å². The van der Waals surface area contributed by atoms with Crippen LogP contribution in [0.1, 0.15) is 29.0 Å². The highest BCUT2D eigenvalue weighted by Gasteiger charge is 2.26. The first-order valence-corrected chi connectivity index (χ1v) is 8.31. The smallest absolute Gasteiger partial charge is 0.291 e. The number of hydrogen-bond acceptors (Lipinski definition) is 4. The number of likely N-dealkylation sites (tertiary alicyclic amines) is 1. The molecule has 4 rings (SSSR count). The average molecular weight is 321 g/mol. The molecule has 2 aromatic heterocycles. The molecule has 0 radical (unpaired) electrons. The Kier molecular flexibility index (Phi) is 3.99. The molecule has 1 saturated heterocycles. The van der Waals surface area contributed by atoms with Crippen LogP contribution in [0.15, 0.2) is 53.5 Å². The summed E-state index contributed by atoms with van der Waals surface area (Å²) < 4.78 is 5.15. The third kappa shape index (κ3) is 2.89. The summed E-state index contributed by atoms with van der Waals surface area (Å²) in [6.07, 6.45) is 7.73. The van der Waals surface area contributed by atoms with E-state index in [2.05, 4.69) is 28.2 Å². The van der Waals surface area contributed by atoms with E-state index in [4.69, 9.17) is 4.42 Å². The largest absolute Gasteiger partial charge is 0.438 e. The second kappa shape index (κ2) is 6.43. The summed E-state index contributed by atoms with van der Waals surface area (Å²) in [4.78, 5) is 22.6. The lowest BCUT2D eigenvalue weighted by atomic mass is 9.89. The lowest BCUT2D eigenvalue weighted by Gasteiger charge is -2.32. The first-order chi connectivity index (χ1) is 11.8. The molecule has 0 unspecified atom stereocenters. The quantitative estimate of drug-likeness (QED) is 0.742. The minimum Gasteiger partial charge on any atom is -0.438 e. The van der Waals surface area contributed by atoms with Crippen molar-refractivity contribution in [2.75, 3.05) is 13.1 Å². The third-order valence-corrected chi connectivity index (χ3v) is 4.69. The van der Waals surface area contributed by atoms with Gasteiger partial charge in [0.05, 0.1) is 11.7 Å². The highest BCUT2D eigenvalue weighted by molar-refractivity contribution is 5.91. The summed E-state index contributed by atoms with van der Waals surface area (Å²) in [5.41, 5.74) is 2.33. The van der Waals surface area contributed by atoms with Crippen molar-refractivity contribution >= 4 is 16.8 Å². The van der Waals surface area contributed by atoms with E-state index < -0.39 is 0 Å². The molecular weight excluding hydrogens is 302 g/mol. The van der Waals surface area contributed by atoms with E-state index in [9.17, 15) is 4.79 Å². The van der Waals surface area contributed by atoms with E-state index >= 15 is 0 Å². The van der Waals surface area contributed by atoms with Gasteiger partial charge >= 0.3 is 0 Å². The van der Waals surface area contributed by atoms with Crippen molar-refractivity contribution in [1.29, 1.82) is 0 Å². The van der Waals surface area contributed by atoms with Crippen molar-refractivity contribution < 1.29 is 9.21 Å². The topological polar surface area (TPSA) is 59.2 Å². The van der Waals surface area contributed by atoms with Crippen LogP contribution in [0.2, 0.25) is 0 Å². The summed E-state index contributed by atoms with van der Waals surface area (Å²) >= 11 is 0. The highest BCUT2D eigenvalue weighted by Crippen LogP contribution is 2.25. The molecule has 0 N–H and O–H groups in total. The maximum Gasteiger partial charge on any atom is 0.291 e. The van der Waals surface area contributed by atoms with Crippen molar-refractivity contribution in [2.24, 2.45) is 5.92 Å². The maximum atomic E-state index is 12.5. The molecule has 0 aliphatic carbocycles. The summed E-state index contributed by atoms with van der Waals surface area (Å²) in [6.45, 7) is 1.54. The van der Waals surface area contributed by atoms with Crippen LogP contribution >= 0.6 is 0 Å². The number of fused-ring (bicyclic) bond motifs is 1. The van der Waals surface area contributed by atoms with E-state index in [0.29, 0.717) is 11.7 Å². The van der Waals surface area contributed by atoms with E-state index in [1.165, 1.54) is 23.5 Å². The number of benzene rings is 1. The van der Waals surface area contributed by atoms with Gasteiger partial charge in [-0.05, 0) is 42.9 Å². The first-order valence-electron chi connectivity index (χ1n) is 8.31. The number of oxazole rings is 1. The Morgan fingerprint density at radius 1 is 1.29 bits per heavy atom. The summed E-state index contributed by atoms with van der Waals surface area (Å²) in [6, 6.07) is 10.4. The van der Waals surface area contributed by atoms with Crippen molar-refractivity contribution in [2.45, 2.75) is 19.3 Å². The van der Waals surface area contributed by atoms with E-state index in [0.717, 1.165) is 37.9 Å². The molecule has 3 heterocycles. The fourth-order valence-electron chi connectivity index (χ4n) is 3.55. The molecule has 0 bridgehead atoms. The molecule has 122 valence electrons. The van der Waals surface area contributed by atoms with Crippen LogP contribution in [0.4, 0.5) is 0 Å². The van der Waals surface area contributed by atoms with Gasteiger partial charge in [0, 0.05) is 24.7 Å². The lowest BCUT2D eigenvalue weighted by Crippen LogP contribution is -2.40. The van der Waals surface area contributed by atoms with Crippen LogP contribution in [0.5, 0.6) is 0 Å². The van der Waals surface area contributed by atoms with Gasteiger partial charge in [-0.15, -0.1) is 0 Å². The highest BCUT2D eigenvalue weighted by atomic mass is 16.3. The molecule has 5 nitrogen and oxygen atoms in total. The zero-order valence-electron chi connectivity index (χ0n) is 13.4. The van der Waals surface area contributed by atoms with Gasteiger partial charge in [0.1, 0.15) is 0 Å². The van der Waals surface area contributed by atoms with Crippen LogP contribution in [0.3, 0.4) is 0 Å². The number of aromatic nitrogens is 2. The molecule has 1 aliphatic heterocycles. The third-order valence-electron chi connectivity index (χ3n) is 4.69. The van der Waals surface area contributed by atoms with Gasteiger partial charge in [-0.25, -0.2) is 4.98 Å². The second-order valence-electron chi connectivity index (χ2n) is 6.32. The summed E-state index contributed by atoms with van der Waals surface area (Å²) in [5.74, 6) is 0.721. The molecule has 0 saturated carbocycles. The zero-order chi connectivity index (χ0) is 16.4. The van der Waals surface area contributed by atoms with E-state index in [1.54, 1.807) is 0 Å². The number of amides is 1. The molecule has 0 spiro atoms. The Balaban J connectivity index is 1.51. The number of pyridine rings is 1. The number of carbonyl (C=O) groups is 1. The van der Waals surface area contributed by atoms with Crippen LogP contribution in [-0.2, 0) is 6.42 Å². The molecule has 1 aromatic carbocycles. The Hall–Kier alpha value is -2.69. The van der Waals surface area contributed by atoms with Crippen LogP contribution < -0.4 is 0 Å². The summed E-state index contributed by atoms with van der Waals surface area (Å²) in [7, 11) is 0. The van der Waals surface area contributed by atoms with Gasteiger partial charge in [0.2, 0.25) is 5.76 Å². The molecule has 5 heteroatoms. The predicted molar refractivity (Wildman–Crippen MR) is 90.6 cm³/mol. The number of rotatable bonds is 3. The fraction of sp³-hybridized carbons (Fsp3) is 0.316. The minimum absolute atomic E-state index is 0.0585. The van der Waals surface area contributed by atoms with Gasteiger partial charge < -0.3 is 9.32 Å². The molecule has 1 amide bonds. The zero-order valence-corrected chi connectivity index (χ0v) is 13.4. The van der Waals surface area contributed by atoms with Crippen molar-refractivity contribution in [3.8, 4) is 0 Å². The first kappa shape index (κ1) is 14.9. The number of carbonyl (C=O) groups excluding carboxylic acids is 1. The minimum atomic E-state index is -0.0585. The van der Waals surface area contributed by atoms with E-state index in [1.807, 2.05) is 23.2 Å². The van der Waals surface area contributed by atoms with Crippen LogP contribution in [-0.4, -0.2) is 33.9 Å². The molecule has 3 aromatic rings. The monoisotopic (exact) mass is 321 g/mol. The molecule has 24 heavy (non-hydrogen) atoms. The van der Waals surface area contributed by atoms with Crippen molar-refractivity contribution in [3.05, 3.63) is 60.4 Å². The Morgan fingerprint density at radius 2 is 2.25 bits per heavy atom. The Morgan fingerprint density at radius 3 is 3.12 bits per heavy atom. The second-order valence-corrected chi connectivity index (χ2v) is 6.32. The van der Waals surface area contributed by atoms with Gasteiger partial charge in [0.15, 0.2) is 6.39 Å². The number of hydrogen-bond donors (Lipinski definition) is 0. The predicted octanol–water partition coefficient (Wildman–Crippen LogP) is 3.32. The lowest BCUT2D eigenvalue weighted by molar-refractivity contribution is 0.0641. The molecule has 1 fully saturated rings. The van der Waals surface area contributed by atoms with Crippen LogP contribution in [0.25, 0.3) is 10.9 Å². The fourth-order valence-corrected chi connectivity index (χ4v) is 3.55. The number of piperidine rings is 1. The van der Waals surface area contributed by atoms with E-state index in [-0.39, 0.29) is 5.91 Å². The van der Waals surface area contributed by atoms with Gasteiger partial charge in [-0.1, -0.05) is 18.2 Å². The molecule has 1 aliphatic rings. The van der Waals surface area contributed by atoms with Gasteiger partial charge in [-0.2, -0.15) is 0 Å². The normalized spacial score (nSPS) is 18.0. The number of nitrogens with zero attached hydrogens (tertiary/aromatic N) is 3. The maximum absolute atomic E-state index is 12.5. The van der Waals surface area contributed by atoms with Crippen LogP contribution in [0, 0.1) is 5.92 Å². The Bertz CT molecular complexity index is 839. The SMILES string of the molecule is O=C(c1cnco1)N1CCC[C@@H](Cc2cccc3ncccc23)C1. The van der Waals surface area contributed by atoms with Crippen molar-refractivity contribution in [1.82, 2.24) is 14.9 Å². The molecule has 1 atom stereocenters. The molecular formula is C19H19N3O2. The summed E-state index contributed by atoms with van der Waals surface area (Å²) in [5, 5.41) is 1.21. The Labute approximate surface area is 140 Å². The van der Waals surface area contributed by atoms with Gasteiger partial charge in [-0.3, -0.25) is 9.78 Å². The average Bonchev–Trinajstić information content (AvgIpc) is 3.16. The standard InChI is InChI=1S/C19H19N3O2/c23-19(18-11-20-13-24-18)22-9-3-4-14(12-22)10-15-5-1-7-17-16(15)6-2-8-21-17/h1-2,5-8,11,13-14H,3-4,9-10,12H2/t14-/m0/s1.